The fraction of sp³-hybridized carbons (Fsp3) is 0.375. The molecule has 0 aromatic carbocycles. The smallest absolute Gasteiger partial charge is 0.141 e. The van der Waals surface area contributed by atoms with Crippen molar-refractivity contribution in [3.8, 4) is 5.75 Å². The van der Waals surface area contributed by atoms with Crippen molar-refractivity contribution in [1.82, 2.24) is 4.98 Å². The van der Waals surface area contributed by atoms with Crippen molar-refractivity contribution in [1.29, 1.82) is 0 Å². The van der Waals surface area contributed by atoms with Gasteiger partial charge in [-0.25, -0.2) is 0 Å². The fourth-order valence-electron chi connectivity index (χ4n) is 1.20. The van der Waals surface area contributed by atoms with Gasteiger partial charge in [-0.2, -0.15) is 0 Å². The van der Waals surface area contributed by atoms with Crippen LogP contribution in [0.1, 0.15) is 15.9 Å². The molecule has 0 fully saturated rings. The van der Waals surface area contributed by atoms with Crippen LogP contribution in [-0.4, -0.2) is 11.6 Å². The van der Waals surface area contributed by atoms with Crippen LogP contribution >= 0.6 is 22.6 Å². The van der Waals surface area contributed by atoms with Crippen LogP contribution in [0.4, 0.5) is 0 Å². The lowest BCUT2D eigenvalue weighted by atomic mass is 10.1. The van der Waals surface area contributed by atoms with E-state index in [-0.39, 0.29) is 0 Å². The summed E-state index contributed by atoms with van der Waals surface area (Å²) in [6, 6.07) is 2.03. The number of hydrogen-bond donors (Lipinski definition) is 0. The number of hydrogen-bond acceptors (Lipinski definition) is 2. The Labute approximate surface area is 79.1 Å². The lowest BCUT2D eigenvalue weighted by Crippen LogP contribution is -2.10. The minimum atomic E-state index is 0.597. The van der Waals surface area contributed by atoms with Crippen molar-refractivity contribution >= 4 is 22.6 Å². The first kappa shape index (κ1) is 7.34. The summed E-state index contributed by atoms with van der Waals surface area (Å²) in [6.07, 6.45) is 4.72. The molecule has 1 aromatic rings. The molecule has 0 saturated heterocycles. The molecule has 1 aromatic heterocycles. The first-order chi connectivity index (χ1) is 5.38. The number of ether oxygens (including phenoxy) is 1. The molecule has 1 aliphatic rings. The molecule has 2 rings (SSSR count). The molecule has 3 heteroatoms. The highest BCUT2D eigenvalue weighted by molar-refractivity contribution is 14.1. The van der Waals surface area contributed by atoms with Crippen LogP contribution in [0.15, 0.2) is 18.5 Å². The quantitative estimate of drug-likeness (QED) is 0.528. The average Bonchev–Trinajstić information content (AvgIpc) is 2.06. The van der Waals surface area contributed by atoms with Gasteiger partial charge in [-0.1, -0.05) is 22.6 Å². The van der Waals surface area contributed by atoms with Gasteiger partial charge in [0.25, 0.3) is 0 Å². The van der Waals surface area contributed by atoms with Crippen molar-refractivity contribution in [2.75, 3.05) is 6.61 Å². The normalized spacial score (nSPS) is 22.1. The Bertz CT molecular complexity index is 264. The molecule has 11 heavy (non-hydrogen) atoms. The molecule has 0 bridgehead atoms. The van der Waals surface area contributed by atoms with Crippen molar-refractivity contribution in [2.45, 2.75) is 10.3 Å². The van der Waals surface area contributed by atoms with E-state index in [1.807, 2.05) is 12.3 Å². The monoisotopic (exact) mass is 261 g/mol. The van der Waals surface area contributed by atoms with E-state index < -0.39 is 0 Å². The molecule has 0 amide bonds. The second kappa shape index (κ2) is 2.97. The minimum Gasteiger partial charge on any atom is -0.492 e. The number of rotatable bonds is 0. The van der Waals surface area contributed by atoms with Gasteiger partial charge in [0.2, 0.25) is 0 Å². The maximum absolute atomic E-state index is 5.43. The zero-order valence-electron chi connectivity index (χ0n) is 5.96. The van der Waals surface area contributed by atoms with Crippen LogP contribution in [0.2, 0.25) is 0 Å². The van der Waals surface area contributed by atoms with Gasteiger partial charge in [-0.05, 0) is 12.5 Å². The molecular weight excluding hydrogens is 253 g/mol. The molecule has 58 valence electrons. The predicted octanol–water partition coefficient (Wildman–Crippen LogP) is 2.34. The Kier molecular flexibility index (Phi) is 1.98. The van der Waals surface area contributed by atoms with Crippen molar-refractivity contribution in [2.24, 2.45) is 0 Å². The Morgan fingerprint density at radius 2 is 2.55 bits per heavy atom. The Hall–Kier alpha value is -0.320. The van der Waals surface area contributed by atoms with Gasteiger partial charge in [0.15, 0.2) is 0 Å². The van der Waals surface area contributed by atoms with Gasteiger partial charge in [0.1, 0.15) is 5.75 Å². The summed E-state index contributed by atoms with van der Waals surface area (Å²) in [5.41, 5.74) is 1.28. The van der Waals surface area contributed by atoms with E-state index in [1.54, 1.807) is 6.20 Å². The van der Waals surface area contributed by atoms with E-state index in [2.05, 4.69) is 27.6 Å². The van der Waals surface area contributed by atoms with Crippen LogP contribution in [0.5, 0.6) is 5.75 Å². The summed E-state index contributed by atoms with van der Waals surface area (Å²) in [6.45, 7) is 0.826. The van der Waals surface area contributed by atoms with Crippen molar-refractivity contribution in [3.63, 3.8) is 0 Å². The Balaban J connectivity index is 2.44. The summed E-state index contributed by atoms with van der Waals surface area (Å²) in [4.78, 5) is 4.00. The largest absolute Gasteiger partial charge is 0.492 e. The van der Waals surface area contributed by atoms with Crippen molar-refractivity contribution in [3.05, 3.63) is 24.0 Å². The summed E-state index contributed by atoms with van der Waals surface area (Å²) >= 11 is 2.44. The highest BCUT2D eigenvalue weighted by Crippen LogP contribution is 2.36. The lowest BCUT2D eigenvalue weighted by molar-refractivity contribution is 0.288. The number of nitrogens with zero attached hydrogens (tertiary/aromatic N) is 1. The fourth-order valence-corrected chi connectivity index (χ4v) is 1.97. The number of aromatic nitrogens is 1. The van der Waals surface area contributed by atoms with Crippen LogP contribution in [-0.2, 0) is 0 Å². The molecule has 2 heterocycles. The standard InChI is InChI=1S/C8H8INO/c9-7-2-4-11-8-5-10-3-1-6(7)8/h1,3,5,7H,2,4H2. The van der Waals surface area contributed by atoms with Gasteiger partial charge in [0, 0.05) is 15.7 Å². The Morgan fingerprint density at radius 3 is 3.36 bits per heavy atom. The van der Waals surface area contributed by atoms with E-state index >= 15 is 0 Å². The molecule has 0 saturated carbocycles. The third-order valence-electron chi connectivity index (χ3n) is 1.78. The van der Waals surface area contributed by atoms with Crippen molar-refractivity contribution < 1.29 is 4.74 Å². The van der Waals surface area contributed by atoms with Gasteiger partial charge >= 0.3 is 0 Å². The maximum Gasteiger partial charge on any atom is 0.141 e. The highest BCUT2D eigenvalue weighted by atomic mass is 127. The summed E-state index contributed by atoms with van der Waals surface area (Å²) < 4.78 is 6.02. The maximum atomic E-state index is 5.43. The molecule has 1 unspecified atom stereocenters. The van der Waals surface area contributed by atoms with Crippen LogP contribution in [0.3, 0.4) is 0 Å². The SMILES string of the molecule is IC1CCOc2cnccc21. The molecule has 1 aliphatic heterocycles. The van der Waals surface area contributed by atoms with Gasteiger partial charge < -0.3 is 4.74 Å². The second-order valence-corrected chi connectivity index (χ2v) is 4.02. The molecule has 0 spiro atoms. The van der Waals surface area contributed by atoms with Gasteiger partial charge in [0.05, 0.1) is 12.8 Å². The first-order valence-electron chi connectivity index (χ1n) is 3.59. The number of fused-ring (bicyclic) bond motifs is 1. The summed E-state index contributed by atoms with van der Waals surface area (Å²) in [5.74, 6) is 0.957. The van der Waals surface area contributed by atoms with E-state index in [9.17, 15) is 0 Å². The average molecular weight is 261 g/mol. The predicted molar refractivity (Wildman–Crippen MR) is 51.1 cm³/mol. The van der Waals surface area contributed by atoms with Crippen LogP contribution < -0.4 is 4.74 Å². The molecule has 2 nitrogen and oxygen atoms in total. The third-order valence-corrected chi connectivity index (χ3v) is 3.08. The van der Waals surface area contributed by atoms with E-state index in [4.69, 9.17) is 4.74 Å². The molecule has 0 aliphatic carbocycles. The van der Waals surface area contributed by atoms with Crippen LogP contribution in [0.25, 0.3) is 0 Å². The zero-order valence-corrected chi connectivity index (χ0v) is 8.11. The van der Waals surface area contributed by atoms with E-state index in [1.165, 1.54) is 5.56 Å². The minimum absolute atomic E-state index is 0.597. The molecule has 0 N–H and O–H groups in total. The highest BCUT2D eigenvalue weighted by Gasteiger charge is 2.17. The summed E-state index contributed by atoms with van der Waals surface area (Å²) in [5, 5.41) is 0. The third kappa shape index (κ3) is 1.34. The lowest BCUT2D eigenvalue weighted by Gasteiger charge is -2.20. The number of alkyl halides is 1. The van der Waals surface area contributed by atoms with Gasteiger partial charge in [-0.3, -0.25) is 4.98 Å². The van der Waals surface area contributed by atoms with Gasteiger partial charge in [-0.15, -0.1) is 0 Å². The molecule has 0 radical (unpaired) electrons. The molecule has 1 atom stereocenters. The summed E-state index contributed by atoms with van der Waals surface area (Å²) in [7, 11) is 0. The van der Waals surface area contributed by atoms with E-state index in [0.29, 0.717) is 3.92 Å². The van der Waals surface area contributed by atoms with Crippen LogP contribution in [0, 0.1) is 0 Å². The Morgan fingerprint density at radius 1 is 1.64 bits per heavy atom. The topological polar surface area (TPSA) is 22.1 Å². The van der Waals surface area contributed by atoms with E-state index in [0.717, 1.165) is 18.8 Å². The zero-order chi connectivity index (χ0) is 7.68. The number of pyridine rings is 1. The molecular formula is C8H8INO. The number of halogens is 1. The first-order valence-corrected chi connectivity index (χ1v) is 4.83. The second-order valence-electron chi connectivity index (χ2n) is 2.52.